The molecule has 0 unspecified atom stereocenters. The Hall–Kier alpha value is -2.83. The van der Waals surface area contributed by atoms with Crippen molar-refractivity contribution >= 4 is 47.1 Å². The van der Waals surface area contributed by atoms with Gasteiger partial charge in [0.05, 0.1) is 17.7 Å². The molecule has 0 spiro atoms. The Bertz CT molecular complexity index is 998. The number of aliphatic imine (C=N–C) groups is 1. The Morgan fingerprint density at radius 1 is 1.15 bits per heavy atom. The average molecular weight is 406 g/mol. The van der Waals surface area contributed by atoms with Gasteiger partial charge in [-0.2, -0.15) is 0 Å². The number of cyclic esters (lactones) is 1. The van der Waals surface area contributed by atoms with Crippen LogP contribution in [0.25, 0.3) is 6.08 Å². The maximum atomic E-state index is 12.2. The van der Waals surface area contributed by atoms with Gasteiger partial charge in [0.15, 0.2) is 17.2 Å². The molecule has 0 bridgehead atoms. The lowest BCUT2D eigenvalue weighted by atomic mass is 10.1. The Morgan fingerprint density at radius 2 is 1.93 bits per heavy atom. The molecular weight excluding hydrogens is 393 g/mol. The lowest BCUT2D eigenvalue weighted by molar-refractivity contribution is -0.132. The molecule has 2 aromatic carbocycles. The molecule has 6 nitrogen and oxygen atoms in total. The summed E-state index contributed by atoms with van der Waals surface area (Å²) in [6.45, 7) is 1.28. The summed E-state index contributed by atoms with van der Waals surface area (Å²) in [5, 5.41) is 0.792. The molecule has 3 rings (SSSR count). The summed E-state index contributed by atoms with van der Waals surface area (Å²) < 4.78 is 15.5. The Labute approximate surface area is 165 Å². The van der Waals surface area contributed by atoms with Gasteiger partial charge in [-0.1, -0.05) is 29.3 Å². The van der Waals surface area contributed by atoms with Crippen molar-refractivity contribution in [2.75, 3.05) is 7.11 Å². The number of esters is 2. The lowest BCUT2D eigenvalue weighted by Crippen LogP contribution is -2.06. The predicted octanol–water partition coefficient (Wildman–Crippen LogP) is 4.27. The van der Waals surface area contributed by atoms with Gasteiger partial charge in [-0.15, -0.1) is 0 Å². The van der Waals surface area contributed by atoms with E-state index in [-0.39, 0.29) is 17.3 Å². The van der Waals surface area contributed by atoms with Crippen LogP contribution in [0.15, 0.2) is 47.1 Å². The zero-order chi connectivity index (χ0) is 19.6. The second-order valence-corrected chi connectivity index (χ2v) is 6.31. The number of carbonyl (C=O) groups excluding carboxylic acids is 2. The molecular formula is C19H13Cl2NO5. The molecule has 138 valence electrons. The number of carbonyl (C=O) groups is 2. The van der Waals surface area contributed by atoms with Crippen LogP contribution in [0.1, 0.15) is 18.1 Å². The van der Waals surface area contributed by atoms with Gasteiger partial charge >= 0.3 is 11.9 Å². The maximum absolute atomic E-state index is 12.2. The lowest BCUT2D eigenvalue weighted by Gasteiger charge is -2.08. The molecule has 27 heavy (non-hydrogen) atoms. The predicted molar refractivity (Wildman–Crippen MR) is 101 cm³/mol. The number of benzene rings is 2. The van der Waals surface area contributed by atoms with E-state index in [1.165, 1.54) is 20.1 Å². The van der Waals surface area contributed by atoms with E-state index in [9.17, 15) is 9.59 Å². The summed E-state index contributed by atoms with van der Waals surface area (Å²) in [6.07, 6.45) is 1.50. The summed E-state index contributed by atoms with van der Waals surface area (Å²) in [5.41, 5.74) is 1.05. The zero-order valence-electron chi connectivity index (χ0n) is 14.3. The number of hydrogen-bond donors (Lipinski definition) is 0. The second-order valence-electron chi connectivity index (χ2n) is 5.46. The van der Waals surface area contributed by atoms with Gasteiger partial charge in [-0.25, -0.2) is 9.79 Å². The van der Waals surface area contributed by atoms with Gasteiger partial charge in [0.1, 0.15) is 0 Å². The van der Waals surface area contributed by atoms with Gasteiger partial charge in [0.25, 0.3) is 0 Å². The normalized spacial score (nSPS) is 14.7. The van der Waals surface area contributed by atoms with Crippen LogP contribution in [0.4, 0.5) is 0 Å². The van der Waals surface area contributed by atoms with Crippen molar-refractivity contribution in [3.63, 3.8) is 0 Å². The first kappa shape index (κ1) is 18.9. The van der Waals surface area contributed by atoms with E-state index >= 15 is 0 Å². The summed E-state index contributed by atoms with van der Waals surface area (Å²) in [4.78, 5) is 27.6. The van der Waals surface area contributed by atoms with Crippen LogP contribution in [0.5, 0.6) is 11.5 Å². The van der Waals surface area contributed by atoms with Crippen molar-refractivity contribution in [3.05, 3.63) is 63.3 Å². The Balaban J connectivity index is 1.97. The van der Waals surface area contributed by atoms with Crippen LogP contribution in [-0.4, -0.2) is 24.9 Å². The van der Waals surface area contributed by atoms with Gasteiger partial charge in [0.2, 0.25) is 5.90 Å². The first-order valence-electron chi connectivity index (χ1n) is 7.72. The first-order valence-corrected chi connectivity index (χ1v) is 8.47. The number of ether oxygens (including phenoxy) is 3. The van der Waals surface area contributed by atoms with E-state index in [2.05, 4.69) is 4.99 Å². The van der Waals surface area contributed by atoms with Crippen molar-refractivity contribution in [1.82, 2.24) is 0 Å². The van der Waals surface area contributed by atoms with Gasteiger partial charge in [0, 0.05) is 11.9 Å². The van der Waals surface area contributed by atoms with Gasteiger partial charge in [-0.3, -0.25) is 4.79 Å². The van der Waals surface area contributed by atoms with Crippen molar-refractivity contribution in [2.24, 2.45) is 4.99 Å². The third-order valence-corrected chi connectivity index (χ3v) is 4.09. The van der Waals surface area contributed by atoms with E-state index in [4.69, 9.17) is 37.4 Å². The Morgan fingerprint density at radius 3 is 2.63 bits per heavy atom. The SMILES string of the molecule is COc1ccc(/C=C2/N=C(c3cc(Cl)ccc3Cl)OC2=O)cc1OC(C)=O. The molecule has 0 saturated carbocycles. The summed E-state index contributed by atoms with van der Waals surface area (Å²) in [7, 11) is 1.46. The molecule has 0 aromatic heterocycles. The number of halogens is 2. The Kier molecular flexibility index (Phi) is 5.48. The number of nitrogens with zero attached hydrogens (tertiary/aromatic N) is 1. The highest BCUT2D eigenvalue weighted by molar-refractivity contribution is 6.36. The largest absolute Gasteiger partial charge is 0.493 e. The highest BCUT2D eigenvalue weighted by atomic mass is 35.5. The molecule has 8 heteroatoms. The molecule has 1 heterocycles. The standard InChI is InChI=1S/C19H13Cl2NO5/c1-10(23)26-17-8-11(3-6-16(17)25-2)7-15-19(24)27-18(22-15)13-9-12(20)4-5-14(13)21/h3-9H,1-2H3/b15-7+. The zero-order valence-corrected chi connectivity index (χ0v) is 15.8. The van der Waals surface area contributed by atoms with Crippen LogP contribution in [-0.2, 0) is 14.3 Å². The van der Waals surface area contributed by atoms with Crippen LogP contribution < -0.4 is 9.47 Å². The van der Waals surface area contributed by atoms with Crippen molar-refractivity contribution in [2.45, 2.75) is 6.92 Å². The topological polar surface area (TPSA) is 74.2 Å². The van der Waals surface area contributed by atoms with Crippen molar-refractivity contribution in [3.8, 4) is 11.5 Å². The highest BCUT2D eigenvalue weighted by Crippen LogP contribution is 2.30. The van der Waals surface area contributed by atoms with Crippen LogP contribution in [0.3, 0.4) is 0 Å². The van der Waals surface area contributed by atoms with Crippen LogP contribution in [0, 0.1) is 0 Å². The van der Waals surface area contributed by atoms with Crippen molar-refractivity contribution < 1.29 is 23.8 Å². The summed E-state index contributed by atoms with van der Waals surface area (Å²) >= 11 is 12.1. The molecule has 1 aliphatic heterocycles. The fraction of sp³-hybridized carbons (Fsp3) is 0.105. The van der Waals surface area contributed by atoms with Crippen LogP contribution in [0.2, 0.25) is 10.0 Å². The molecule has 2 aromatic rings. The maximum Gasteiger partial charge on any atom is 0.363 e. The van der Waals surface area contributed by atoms with Gasteiger partial charge < -0.3 is 14.2 Å². The molecule has 0 radical (unpaired) electrons. The minimum atomic E-state index is -0.633. The number of hydrogen-bond acceptors (Lipinski definition) is 6. The monoisotopic (exact) mass is 405 g/mol. The molecule has 0 fully saturated rings. The van der Waals surface area contributed by atoms with E-state index in [0.29, 0.717) is 26.9 Å². The van der Waals surface area contributed by atoms with E-state index in [1.54, 1.807) is 36.4 Å². The van der Waals surface area contributed by atoms with Crippen LogP contribution >= 0.6 is 23.2 Å². The first-order chi connectivity index (χ1) is 12.9. The molecule has 0 aliphatic carbocycles. The second kappa shape index (κ2) is 7.82. The van der Waals surface area contributed by atoms with Gasteiger partial charge in [-0.05, 0) is 42.0 Å². The minimum Gasteiger partial charge on any atom is -0.493 e. The van der Waals surface area contributed by atoms with Crippen molar-refractivity contribution in [1.29, 1.82) is 0 Å². The molecule has 0 N–H and O–H groups in total. The molecule has 0 saturated heterocycles. The molecule has 0 amide bonds. The molecule has 0 atom stereocenters. The minimum absolute atomic E-state index is 0.0625. The number of methoxy groups -OCH3 is 1. The third kappa shape index (κ3) is 4.30. The summed E-state index contributed by atoms with van der Waals surface area (Å²) in [5.74, 6) is -0.447. The quantitative estimate of drug-likeness (QED) is 0.431. The van der Waals surface area contributed by atoms with E-state index < -0.39 is 11.9 Å². The van der Waals surface area contributed by atoms with E-state index in [0.717, 1.165) is 0 Å². The fourth-order valence-electron chi connectivity index (χ4n) is 2.36. The smallest absolute Gasteiger partial charge is 0.363 e. The summed E-state index contributed by atoms with van der Waals surface area (Å²) in [6, 6.07) is 9.63. The van der Waals surface area contributed by atoms with E-state index in [1.807, 2.05) is 0 Å². The number of rotatable bonds is 4. The third-order valence-electron chi connectivity index (χ3n) is 3.52. The molecule has 1 aliphatic rings. The fourth-order valence-corrected chi connectivity index (χ4v) is 2.73. The average Bonchev–Trinajstić information content (AvgIpc) is 2.97. The highest BCUT2D eigenvalue weighted by Gasteiger charge is 2.26.